The first kappa shape index (κ1) is 15.8. The van der Waals surface area contributed by atoms with E-state index in [1.807, 2.05) is 6.07 Å². The second-order valence-electron chi connectivity index (χ2n) is 5.00. The Kier molecular flexibility index (Phi) is 7.34. The molecule has 1 aromatic carbocycles. The SMILES string of the molecule is CCCCC(CCC)NCc1cc(OC)ccc1O. The van der Waals surface area contributed by atoms with Crippen LogP contribution in [0.1, 0.15) is 51.5 Å². The Hall–Kier alpha value is -1.22. The van der Waals surface area contributed by atoms with E-state index >= 15 is 0 Å². The average molecular weight is 265 g/mol. The van der Waals surface area contributed by atoms with E-state index < -0.39 is 0 Å². The number of phenolic OH excluding ortho intramolecular Hbond substituents is 1. The van der Waals surface area contributed by atoms with Gasteiger partial charge < -0.3 is 15.2 Å². The summed E-state index contributed by atoms with van der Waals surface area (Å²) in [7, 11) is 1.64. The van der Waals surface area contributed by atoms with Crippen molar-refractivity contribution in [1.29, 1.82) is 0 Å². The molecule has 1 unspecified atom stereocenters. The zero-order chi connectivity index (χ0) is 14.1. The van der Waals surface area contributed by atoms with Crippen molar-refractivity contribution in [2.24, 2.45) is 0 Å². The molecule has 1 atom stereocenters. The Morgan fingerprint density at radius 2 is 2.00 bits per heavy atom. The second-order valence-corrected chi connectivity index (χ2v) is 5.00. The van der Waals surface area contributed by atoms with Crippen LogP contribution >= 0.6 is 0 Å². The highest BCUT2D eigenvalue weighted by atomic mass is 16.5. The summed E-state index contributed by atoms with van der Waals surface area (Å²) in [4.78, 5) is 0. The fraction of sp³-hybridized carbons (Fsp3) is 0.625. The van der Waals surface area contributed by atoms with Gasteiger partial charge in [0, 0.05) is 18.2 Å². The van der Waals surface area contributed by atoms with E-state index in [4.69, 9.17) is 4.74 Å². The summed E-state index contributed by atoms with van der Waals surface area (Å²) in [6, 6.07) is 5.90. The zero-order valence-electron chi connectivity index (χ0n) is 12.4. The van der Waals surface area contributed by atoms with Gasteiger partial charge in [-0.25, -0.2) is 0 Å². The molecule has 0 saturated heterocycles. The highest BCUT2D eigenvalue weighted by Crippen LogP contribution is 2.23. The minimum atomic E-state index is 0.332. The number of aromatic hydroxyl groups is 1. The molecule has 1 rings (SSSR count). The topological polar surface area (TPSA) is 41.5 Å². The van der Waals surface area contributed by atoms with Gasteiger partial charge >= 0.3 is 0 Å². The number of hydrogen-bond donors (Lipinski definition) is 2. The van der Waals surface area contributed by atoms with Gasteiger partial charge in [0.1, 0.15) is 11.5 Å². The number of unbranched alkanes of at least 4 members (excludes halogenated alkanes) is 1. The highest BCUT2D eigenvalue weighted by molar-refractivity contribution is 5.39. The monoisotopic (exact) mass is 265 g/mol. The van der Waals surface area contributed by atoms with Crippen LogP contribution in [0, 0.1) is 0 Å². The third kappa shape index (κ3) is 5.52. The molecule has 3 heteroatoms. The summed E-state index contributed by atoms with van der Waals surface area (Å²) in [5, 5.41) is 13.4. The van der Waals surface area contributed by atoms with Crippen LogP contribution in [-0.4, -0.2) is 18.3 Å². The minimum absolute atomic E-state index is 0.332. The van der Waals surface area contributed by atoms with Crippen LogP contribution in [0.3, 0.4) is 0 Å². The Balaban J connectivity index is 2.57. The summed E-state index contributed by atoms with van der Waals surface area (Å²) in [5.74, 6) is 1.12. The number of ether oxygens (including phenoxy) is 1. The molecular formula is C16H27NO2. The molecule has 3 nitrogen and oxygen atoms in total. The lowest BCUT2D eigenvalue weighted by Gasteiger charge is -2.18. The molecule has 108 valence electrons. The fourth-order valence-electron chi connectivity index (χ4n) is 2.23. The van der Waals surface area contributed by atoms with Crippen LogP contribution in [0.25, 0.3) is 0 Å². The Labute approximate surface area is 117 Å². The van der Waals surface area contributed by atoms with Gasteiger partial charge in [-0.3, -0.25) is 0 Å². The molecule has 0 saturated carbocycles. The smallest absolute Gasteiger partial charge is 0.120 e. The molecule has 0 radical (unpaired) electrons. The van der Waals surface area contributed by atoms with Crippen molar-refractivity contribution in [3.8, 4) is 11.5 Å². The standard InChI is InChI=1S/C16H27NO2/c1-4-6-8-14(7-5-2)17-12-13-11-15(19-3)9-10-16(13)18/h9-11,14,17-18H,4-8,12H2,1-3H3. The molecule has 0 fully saturated rings. The van der Waals surface area contributed by atoms with Crippen molar-refractivity contribution in [3.63, 3.8) is 0 Å². The van der Waals surface area contributed by atoms with Gasteiger partial charge in [-0.05, 0) is 31.0 Å². The van der Waals surface area contributed by atoms with Gasteiger partial charge in [0.05, 0.1) is 7.11 Å². The van der Waals surface area contributed by atoms with Crippen LogP contribution in [0.2, 0.25) is 0 Å². The summed E-state index contributed by atoms with van der Waals surface area (Å²) in [6.07, 6.45) is 6.05. The normalized spacial score (nSPS) is 12.4. The maximum atomic E-state index is 9.85. The van der Waals surface area contributed by atoms with Crippen molar-refractivity contribution in [2.45, 2.75) is 58.5 Å². The first-order valence-corrected chi connectivity index (χ1v) is 7.30. The second kappa shape index (κ2) is 8.81. The van der Waals surface area contributed by atoms with Crippen LogP contribution in [0.4, 0.5) is 0 Å². The molecule has 0 aliphatic rings. The maximum absolute atomic E-state index is 9.85. The lowest BCUT2D eigenvalue weighted by Crippen LogP contribution is -2.28. The van der Waals surface area contributed by atoms with E-state index in [0.29, 0.717) is 18.3 Å². The number of phenols is 1. The lowest BCUT2D eigenvalue weighted by atomic mass is 10.0. The van der Waals surface area contributed by atoms with E-state index in [1.165, 1.54) is 32.1 Å². The van der Waals surface area contributed by atoms with Crippen LogP contribution < -0.4 is 10.1 Å². The predicted octanol–water partition coefficient (Wildman–Crippen LogP) is 3.85. The Bertz CT molecular complexity index is 366. The van der Waals surface area contributed by atoms with Crippen LogP contribution in [-0.2, 0) is 6.54 Å². The molecule has 0 aromatic heterocycles. The molecule has 0 aliphatic heterocycles. The van der Waals surface area contributed by atoms with Crippen molar-refractivity contribution in [1.82, 2.24) is 5.32 Å². The molecule has 0 amide bonds. The van der Waals surface area contributed by atoms with E-state index in [1.54, 1.807) is 19.2 Å². The molecule has 0 aliphatic carbocycles. The molecular weight excluding hydrogens is 238 g/mol. The quantitative estimate of drug-likeness (QED) is 0.712. The van der Waals surface area contributed by atoms with E-state index in [2.05, 4.69) is 19.2 Å². The van der Waals surface area contributed by atoms with Gasteiger partial charge in [0.15, 0.2) is 0 Å². The van der Waals surface area contributed by atoms with Gasteiger partial charge in [0.2, 0.25) is 0 Å². The minimum Gasteiger partial charge on any atom is -0.508 e. The van der Waals surface area contributed by atoms with Crippen molar-refractivity contribution in [3.05, 3.63) is 23.8 Å². The molecule has 0 bridgehead atoms. The predicted molar refractivity (Wildman–Crippen MR) is 79.7 cm³/mol. The summed E-state index contributed by atoms with van der Waals surface area (Å²) >= 11 is 0. The first-order valence-electron chi connectivity index (χ1n) is 7.30. The van der Waals surface area contributed by atoms with Crippen molar-refractivity contribution >= 4 is 0 Å². The highest BCUT2D eigenvalue weighted by Gasteiger charge is 2.09. The lowest BCUT2D eigenvalue weighted by molar-refractivity contribution is 0.404. The molecule has 1 aromatic rings. The summed E-state index contributed by atoms with van der Waals surface area (Å²) < 4.78 is 5.19. The van der Waals surface area contributed by atoms with Gasteiger partial charge in [-0.1, -0.05) is 33.1 Å². The molecule has 2 N–H and O–H groups in total. The summed E-state index contributed by atoms with van der Waals surface area (Å²) in [5.41, 5.74) is 0.900. The number of nitrogens with one attached hydrogen (secondary N) is 1. The molecule has 19 heavy (non-hydrogen) atoms. The van der Waals surface area contributed by atoms with Gasteiger partial charge in [-0.15, -0.1) is 0 Å². The Morgan fingerprint density at radius 1 is 1.21 bits per heavy atom. The van der Waals surface area contributed by atoms with E-state index in [-0.39, 0.29) is 0 Å². The summed E-state index contributed by atoms with van der Waals surface area (Å²) in [6.45, 7) is 5.12. The van der Waals surface area contributed by atoms with E-state index in [0.717, 1.165) is 11.3 Å². The largest absolute Gasteiger partial charge is 0.508 e. The molecule has 0 spiro atoms. The first-order chi connectivity index (χ1) is 9.21. The van der Waals surface area contributed by atoms with Crippen LogP contribution in [0.15, 0.2) is 18.2 Å². The van der Waals surface area contributed by atoms with Gasteiger partial charge in [-0.2, -0.15) is 0 Å². The van der Waals surface area contributed by atoms with E-state index in [9.17, 15) is 5.11 Å². The zero-order valence-corrected chi connectivity index (χ0v) is 12.4. The Morgan fingerprint density at radius 3 is 2.63 bits per heavy atom. The number of hydrogen-bond acceptors (Lipinski definition) is 3. The van der Waals surface area contributed by atoms with Crippen molar-refractivity contribution < 1.29 is 9.84 Å². The maximum Gasteiger partial charge on any atom is 0.120 e. The third-order valence-electron chi connectivity index (χ3n) is 3.41. The number of benzene rings is 1. The third-order valence-corrected chi connectivity index (χ3v) is 3.41. The fourth-order valence-corrected chi connectivity index (χ4v) is 2.23. The van der Waals surface area contributed by atoms with Crippen molar-refractivity contribution in [2.75, 3.05) is 7.11 Å². The molecule has 0 heterocycles. The van der Waals surface area contributed by atoms with Crippen LogP contribution in [0.5, 0.6) is 11.5 Å². The number of rotatable bonds is 9. The van der Waals surface area contributed by atoms with Gasteiger partial charge in [0.25, 0.3) is 0 Å². The average Bonchev–Trinajstić information content (AvgIpc) is 2.43. The number of methoxy groups -OCH3 is 1.